The molecule has 0 aliphatic rings. The van der Waals surface area contributed by atoms with Crippen molar-refractivity contribution in [1.29, 1.82) is 0 Å². The van der Waals surface area contributed by atoms with Gasteiger partial charge in [0.15, 0.2) is 0 Å². The van der Waals surface area contributed by atoms with Crippen molar-refractivity contribution in [3.05, 3.63) is 53.2 Å². The van der Waals surface area contributed by atoms with Crippen molar-refractivity contribution in [2.45, 2.75) is 40.2 Å². The molecule has 1 amide bonds. The number of hydrogen-bond donors (Lipinski definition) is 1. The Kier molecular flexibility index (Phi) is 6.86. The van der Waals surface area contributed by atoms with Gasteiger partial charge in [-0.25, -0.2) is 14.4 Å². The summed E-state index contributed by atoms with van der Waals surface area (Å²) in [4.78, 5) is 23.2. The number of aryl methyl sites for hydroxylation is 1. The van der Waals surface area contributed by atoms with Gasteiger partial charge >= 0.3 is 0 Å². The van der Waals surface area contributed by atoms with E-state index in [0.717, 1.165) is 18.4 Å². The summed E-state index contributed by atoms with van der Waals surface area (Å²) in [7, 11) is 0. The lowest BCUT2D eigenvalue weighted by molar-refractivity contribution is 0.0749. The van der Waals surface area contributed by atoms with Crippen LogP contribution in [0.15, 0.2) is 30.3 Å². The first-order valence-electron chi connectivity index (χ1n) is 8.66. The number of benzene rings is 1. The molecule has 1 aromatic heterocycles. The molecule has 1 aromatic carbocycles. The van der Waals surface area contributed by atoms with E-state index in [2.05, 4.69) is 29.1 Å². The van der Waals surface area contributed by atoms with Gasteiger partial charge in [-0.15, -0.1) is 0 Å². The quantitative estimate of drug-likeness (QED) is 0.791. The zero-order chi connectivity index (χ0) is 18.2. The van der Waals surface area contributed by atoms with Gasteiger partial charge in [-0.1, -0.05) is 26.0 Å². The lowest BCUT2D eigenvalue weighted by atomic mass is 10.2. The highest BCUT2D eigenvalue weighted by molar-refractivity contribution is 5.93. The molecule has 1 N–H and O–H groups in total. The van der Waals surface area contributed by atoms with Crippen LogP contribution in [0.2, 0.25) is 0 Å². The molecule has 0 atom stereocenters. The molecule has 0 spiro atoms. The Morgan fingerprint density at radius 2 is 1.76 bits per heavy atom. The Morgan fingerprint density at radius 1 is 1.12 bits per heavy atom. The van der Waals surface area contributed by atoms with E-state index >= 15 is 0 Å². The zero-order valence-corrected chi connectivity index (χ0v) is 15.1. The summed E-state index contributed by atoms with van der Waals surface area (Å²) in [5.41, 5.74) is 1.33. The van der Waals surface area contributed by atoms with Crippen LogP contribution in [0.1, 0.15) is 48.6 Å². The van der Waals surface area contributed by atoms with Crippen LogP contribution >= 0.6 is 0 Å². The number of anilines is 1. The fraction of sp³-hybridized carbons (Fsp3) is 0.421. The molecular weight excluding hydrogens is 319 g/mol. The van der Waals surface area contributed by atoms with Gasteiger partial charge in [-0.3, -0.25) is 4.79 Å². The van der Waals surface area contributed by atoms with Crippen molar-refractivity contribution in [3.8, 4) is 0 Å². The molecule has 0 saturated heterocycles. The van der Waals surface area contributed by atoms with Gasteiger partial charge < -0.3 is 10.2 Å². The third-order valence-electron chi connectivity index (χ3n) is 3.72. The SMILES string of the molecule is CCCN(CCC)C(=O)c1cc(NCc2ccc(F)cc2)nc(C)n1. The standard InChI is InChI=1S/C19H25FN4O/c1-4-10-24(11-5-2)19(25)17-12-18(23-14(3)22-17)21-13-15-6-8-16(20)9-7-15/h6-9,12H,4-5,10-11,13H2,1-3H3,(H,21,22,23). The smallest absolute Gasteiger partial charge is 0.272 e. The summed E-state index contributed by atoms with van der Waals surface area (Å²) >= 11 is 0. The van der Waals surface area contributed by atoms with Gasteiger partial charge in [0.2, 0.25) is 0 Å². The minimum atomic E-state index is -0.263. The fourth-order valence-electron chi connectivity index (χ4n) is 2.58. The molecule has 25 heavy (non-hydrogen) atoms. The van der Waals surface area contributed by atoms with E-state index in [1.54, 1.807) is 25.1 Å². The molecule has 0 aliphatic carbocycles. The number of halogens is 1. The van der Waals surface area contributed by atoms with Crippen molar-refractivity contribution in [3.63, 3.8) is 0 Å². The van der Waals surface area contributed by atoms with E-state index in [9.17, 15) is 9.18 Å². The molecule has 134 valence electrons. The third-order valence-corrected chi connectivity index (χ3v) is 3.72. The van der Waals surface area contributed by atoms with Crippen molar-refractivity contribution >= 4 is 11.7 Å². The molecule has 0 radical (unpaired) electrons. The Labute approximate surface area is 148 Å². The van der Waals surface area contributed by atoms with Gasteiger partial charge in [-0.2, -0.15) is 0 Å². The molecule has 0 fully saturated rings. The number of nitrogens with zero attached hydrogens (tertiary/aromatic N) is 3. The minimum Gasteiger partial charge on any atom is -0.366 e. The lowest BCUT2D eigenvalue weighted by Crippen LogP contribution is -2.33. The summed E-state index contributed by atoms with van der Waals surface area (Å²) < 4.78 is 13.0. The van der Waals surface area contributed by atoms with Crippen LogP contribution in [-0.4, -0.2) is 33.9 Å². The molecular formula is C19H25FN4O. The number of carbonyl (C=O) groups is 1. The zero-order valence-electron chi connectivity index (χ0n) is 15.1. The molecule has 2 aromatic rings. The highest BCUT2D eigenvalue weighted by Gasteiger charge is 2.17. The number of amides is 1. The third kappa shape index (κ3) is 5.52. The number of rotatable bonds is 8. The van der Waals surface area contributed by atoms with Crippen LogP contribution in [0.4, 0.5) is 10.2 Å². The average molecular weight is 344 g/mol. The van der Waals surface area contributed by atoms with E-state index in [1.807, 2.05) is 4.90 Å². The van der Waals surface area contributed by atoms with E-state index < -0.39 is 0 Å². The van der Waals surface area contributed by atoms with Crippen molar-refractivity contribution < 1.29 is 9.18 Å². The number of carbonyl (C=O) groups excluding carboxylic acids is 1. The van der Waals surface area contributed by atoms with Crippen LogP contribution in [0.5, 0.6) is 0 Å². The first kappa shape index (κ1) is 18.8. The summed E-state index contributed by atoms with van der Waals surface area (Å²) in [5.74, 6) is 0.800. The molecule has 6 heteroatoms. The van der Waals surface area contributed by atoms with E-state index in [-0.39, 0.29) is 11.7 Å². The Morgan fingerprint density at radius 3 is 2.36 bits per heavy atom. The predicted octanol–water partition coefficient (Wildman–Crippen LogP) is 3.80. The normalized spacial score (nSPS) is 10.6. The van der Waals surface area contributed by atoms with Crippen LogP contribution in [0.3, 0.4) is 0 Å². The number of nitrogens with one attached hydrogen (secondary N) is 1. The van der Waals surface area contributed by atoms with Crippen LogP contribution in [0.25, 0.3) is 0 Å². The number of hydrogen-bond acceptors (Lipinski definition) is 4. The topological polar surface area (TPSA) is 58.1 Å². The number of aromatic nitrogens is 2. The Hall–Kier alpha value is -2.50. The highest BCUT2D eigenvalue weighted by Crippen LogP contribution is 2.12. The lowest BCUT2D eigenvalue weighted by Gasteiger charge is -2.21. The van der Waals surface area contributed by atoms with Crippen LogP contribution in [-0.2, 0) is 6.54 Å². The summed E-state index contributed by atoms with van der Waals surface area (Å²) in [6, 6.07) is 7.95. The van der Waals surface area contributed by atoms with E-state index in [0.29, 0.717) is 37.0 Å². The van der Waals surface area contributed by atoms with Crippen molar-refractivity contribution in [2.24, 2.45) is 0 Å². The van der Waals surface area contributed by atoms with E-state index in [4.69, 9.17) is 0 Å². The molecule has 5 nitrogen and oxygen atoms in total. The highest BCUT2D eigenvalue weighted by atomic mass is 19.1. The van der Waals surface area contributed by atoms with Crippen molar-refractivity contribution in [1.82, 2.24) is 14.9 Å². The summed E-state index contributed by atoms with van der Waals surface area (Å²) in [6.45, 7) is 7.80. The molecule has 0 bridgehead atoms. The first-order valence-corrected chi connectivity index (χ1v) is 8.66. The van der Waals surface area contributed by atoms with Crippen molar-refractivity contribution in [2.75, 3.05) is 18.4 Å². The van der Waals surface area contributed by atoms with Gasteiger partial charge in [-0.05, 0) is 37.5 Å². The second-order valence-electron chi connectivity index (χ2n) is 5.96. The Balaban J connectivity index is 2.12. The molecule has 0 unspecified atom stereocenters. The Bertz CT molecular complexity index is 697. The second-order valence-corrected chi connectivity index (χ2v) is 5.96. The van der Waals surface area contributed by atoms with Crippen LogP contribution < -0.4 is 5.32 Å². The van der Waals surface area contributed by atoms with Gasteiger partial charge in [0.05, 0.1) is 0 Å². The maximum atomic E-state index is 13.0. The monoisotopic (exact) mass is 344 g/mol. The summed E-state index contributed by atoms with van der Waals surface area (Å²) in [5, 5.41) is 3.18. The molecule has 1 heterocycles. The fourth-order valence-corrected chi connectivity index (χ4v) is 2.58. The van der Waals surface area contributed by atoms with Crippen LogP contribution in [0, 0.1) is 12.7 Å². The predicted molar refractivity (Wildman–Crippen MR) is 97.0 cm³/mol. The second kappa shape index (κ2) is 9.11. The first-order chi connectivity index (χ1) is 12.0. The average Bonchev–Trinajstić information content (AvgIpc) is 2.60. The molecule has 2 rings (SSSR count). The van der Waals surface area contributed by atoms with Gasteiger partial charge in [0.1, 0.15) is 23.2 Å². The largest absolute Gasteiger partial charge is 0.366 e. The summed E-state index contributed by atoms with van der Waals surface area (Å²) in [6.07, 6.45) is 1.82. The van der Waals surface area contributed by atoms with Gasteiger partial charge in [0, 0.05) is 25.7 Å². The maximum Gasteiger partial charge on any atom is 0.272 e. The molecule has 0 aliphatic heterocycles. The minimum absolute atomic E-state index is 0.0703. The molecule has 0 saturated carbocycles. The van der Waals surface area contributed by atoms with Gasteiger partial charge in [0.25, 0.3) is 5.91 Å². The maximum absolute atomic E-state index is 13.0. The van der Waals surface area contributed by atoms with E-state index in [1.165, 1.54) is 12.1 Å².